The second kappa shape index (κ2) is 8.83. The van der Waals surface area contributed by atoms with Gasteiger partial charge in [0.15, 0.2) is 5.13 Å². The Morgan fingerprint density at radius 3 is 2.52 bits per heavy atom. The second-order valence-corrected chi connectivity index (χ2v) is 9.78. The maximum Gasteiger partial charge on any atom is 0.263 e. The van der Waals surface area contributed by atoms with Gasteiger partial charge >= 0.3 is 0 Å². The number of hydrogen-bond donors (Lipinski definition) is 2. The molecule has 0 atom stereocenters. The lowest BCUT2D eigenvalue weighted by molar-refractivity contribution is 0.0946. The van der Waals surface area contributed by atoms with Gasteiger partial charge in [0.1, 0.15) is 5.82 Å². The Hall–Kier alpha value is -3.29. The van der Waals surface area contributed by atoms with Crippen molar-refractivity contribution in [1.29, 1.82) is 5.26 Å². The van der Waals surface area contributed by atoms with Crippen LogP contribution in [0.15, 0.2) is 58.9 Å². The van der Waals surface area contributed by atoms with E-state index in [1.807, 2.05) is 13.8 Å². The molecule has 0 spiro atoms. The van der Waals surface area contributed by atoms with Crippen molar-refractivity contribution >= 4 is 32.4 Å². The molecule has 3 aromatic rings. The Balaban J connectivity index is 1.68. The third-order valence-corrected chi connectivity index (χ3v) is 6.71. The Kier molecular flexibility index (Phi) is 6.38. The third kappa shape index (κ3) is 5.25. The van der Waals surface area contributed by atoms with Crippen molar-refractivity contribution in [3.05, 3.63) is 76.5 Å². The molecule has 160 valence electrons. The first-order valence-corrected chi connectivity index (χ1v) is 11.5. The van der Waals surface area contributed by atoms with Gasteiger partial charge in [-0.25, -0.2) is 17.8 Å². The van der Waals surface area contributed by atoms with E-state index in [1.165, 1.54) is 6.20 Å². The van der Waals surface area contributed by atoms with Gasteiger partial charge in [0.2, 0.25) is 0 Å². The lowest BCUT2D eigenvalue weighted by atomic mass is 9.86. The lowest BCUT2D eigenvalue weighted by Crippen LogP contribution is -2.24. The maximum absolute atomic E-state index is 14.5. The zero-order chi connectivity index (χ0) is 22.6. The van der Waals surface area contributed by atoms with E-state index in [0.29, 0.717) is 0 Å². The highest BCUT2D eigenvalue weighted by molar-refractivity contribution is 7.93. The number of carbonyl (C=O) groups excluding carboxylic acids is 1. The van der Waals surface area contributed by atoms with Crippen molar-refractivity contribution in [2.45, 2.75) is 30.7 Å². The van der Waals surface area contributed by atoms with Crippen LogP contribution in [-0.2, 0) is 22.0 Å². The number of benzene rings is 2. The first kappa shape index (κ1) is 22.4. The number of anilines is 1. The van der Waals surface area contributed by atoms with Crippen LogP contribution >= 0.6 is 11.3 Å². The molecule has 0 bridgehead atoms. The summed E-state index contributed by atoms with van der Waals surface area (Å²) < 4.78 is 41.4. The highest BCUT2D eigenvalue weighted by Crippen LogP contribution is 2.23. The minimum atomic E-state index is -4.02. The van der Waals surface area contributed by atoms with Crippen molar-refractivity contribution in [2.75, 3.05) is 4.72 Å². The van der Waals surface area contributed by atoms with Crippen molar-refractivity contribution in [3.8, 4) is 6.07 Å². The van der Waals surface area contributed by atoms with Gasteiger partial charge < -0.3 is 5.32 Å². The van der Waals surface area contributed by atoms with E-state index in [1.54, 1.807) is 29.6 Å². The Bertz CT molecular complexity index is 1230. The fraction of sp³-hybridized carbons (Fsp3) is 0.190. The monoisotopic (exact) mass is 458 g/mol. The van der Waals surface area contributed by atoms with Gasteiger partial charge in [0.05, 0.1) is 21.9 Å². The summed E-state index contributed by atoms with van der Waals surface area (Å²) in [7, 11) is -4.02. The van der Waals surface area contributed by atoms with Crippen LogP contribution in [0.3, 0.4) is 0 Å². The third-order valence-electron chi connectivity index (χ3n) is 4.56. The quantitative estimate of drug-likeness (QED) is 0.559. The number of nitriles is 1. The van der Waals surface area contributed by atoms with Crippen molar-refractivity contribution < 1.29 is 17.6 Å². The summed E-state index contributed by atoms with van der Waals surface area (Å²) in [5.74, 6) is -1.62. The summed E-state index contributed by atoms with van der Waals surface area (Å²) in [5.41, 5.74) is 0.731. The smallest absolute Gasteiger partial charge is 0.263 e. The molecule has 0 aliphatic heterocycles. The summed E-state index contributed by atoms with van der Waals surface area (Å²) >= 11 is 1.09. The molecule has 0 aliphatic rings. The zero-order valence-electron chi connectivity index (χ0n) is 16.7. The Morgan fingerprint density at radius 1 is 1.23 bits per heavy atom. The predicted molar refractivity (Wildman–Crippen MR) is 116 cm³/mol. The summed E-state index contributed by atoms with van der Waals surface area (Å²) in [6.07, 6.45) is 1.44. The average molecular weight is 459 g/mol. The van der Waals surface area contributed by atoms with Gasteiger partial charge in [-0.05, 0) is 43.2 Å². The fourth-order valence-electron chi connectivity index (χ4n) is 2.68. The van der Waals surface area contributed by atoms with Crippen LogP contribution in [0.5, 0.6) is 0 Å². The molecule has 3 rings (SSSR count). The molecule has 2 N–H and O–H groups in total. The number of nitrogens with one attached hydrogen (secondary N) is 2. The van der Waals surface area contributed by atoms with Crippen LogP contribution in [0.1, 0.15) is 35.3 Å². The minimum Gasteiger partial charge on any atom is -0.348 e. The van der Waals surface area contributed by atoms with Gasteiger partial charge in [-0.1, -0.05) is 24.3 Å². The topological polar surface area (TPSA) is 112 Å². The van der Waals surface area contributed by atoms with Gasteiger partial charge in [-0.15, -0.1) is 11.3 Å². The fourth-order valence-corrected chi connectivity index (χ4v) is 4.48. The number of aromatic nitrogens is 1. The molecule has 0 fully saturated rings. The standard InChI is InChI=1S/C21H19FN4O3S2/c1-21(2,13-23)15-5-3-14(4-6-15)12-25-19(27)17-8-7-16(11-18(17)22)31(28,29)26-20-24-9-10-30-20/h3-11H,12H2,1-2H3,(H,24,26)(H,25,27). The highest BCUT2D eigenvalue weighted by atomic mass is 32.2. The summed E-state index contributed by atoms with van der Waals surface area (Å²) in [6.45, 7) is 3.77. The molecule has 7 nitrogen and oxygen atoms in total. The normalized spacial score (nSPS) is 11.5. The molecule has 1 amide bonds. The van der Waals surface area contributed by atoms with Crippen LogP contribution in [0, 0.1) is 17.1 Å². The van der Waals surface area contributed by atoms with Crippen LogP contribution in [0.4, 0.5) is 9.52 Å². The number of sulfonamides is 1. The first-order chi connectivity index (χ1) is 14.6. The molecule has 1 aromatic heterocycles. The SMILES string of the molecule is CC(C)(C#N)c1ccc(CNC(=O)c2ccc(S(=O)(=O)Nc3nccs3)cc2F)cc1. The number of halogens is 1. The van der Waals surface area contributed by atoms with Gasteiger partial charge in [0.25, 0.3) is 15.9 Å². The van der Waals surface area contributed by atoms with E-state index in [9.17, 15) is 22.9 Å². The van der Waals surface area contributed by atoms with Gasteiger partial charge in [0, 0.05) is 18.1 Å². The Labute approximate surface area is 183 Å². The molecule has 2 aromatic carbocycles. The van der Waals surface area contributed by atoms with Gasteiger partial charge in [-0.3, -0.25) is 9.52 Å². The average Bonchev–Trinajstić information content (AvgIpc) is 3.24. The molecule has 10 heteroatoms. The molecule has 0 saturated heterocycles. The molecule has 0 aliphatic carbocycles. The maximum atomic E-state index is 14.5. The number of thiazole rings is 1. The number of amides is 1. The number of rotatable bonds is 7. The van der Waals surface area contributed by atoms with Crippen LogP contribution in [0.2, 0.25) is 0 Å². The van der Waals surface area contributed by atoms with E-state index in [4.69, 9.17) is 0 Å². The Morgan fingerprint density at radius 2 is 1.94 bits per heavy atom. The van der Waals surface area contributed by atoms with Crippen molar-refractivity contribution in [1.82, 2.24) is 10.3 Å². The number of hydrogen-bond acceptors (Lipinski definition) is 6. The van der Waals surface area contributed by atoms with Crippen molar-refractivity contribution in [3.63, 3.8) is 0 Å². The molecular weight excluding hydrogens is 439 g/mol. The highest BCUT2D eigenvalue weighted by Gasteiger charge is 2.21. The van der Waals surface area contributed by atoms with E-state index in [-0.39, 0.29) is 22.1 Å². The summed E-state index contributed by atoms with van der Waals surface area (Å²) in [6, 6.07) is 12.5. The van der Waals surface area contributed by atoms with E-state index in [0.717, 1.165) is 40.7 Å². The molecule has 1 heterocycles. The van der Waals surface area contributed by atoms with Gasteiger partial charge in [-0.2, -0.15) is 5.26 Å². The molecule has 0 unspecified atom stereocenters. The molecular formula is C21H19FN4O3S2. The second-order valence-electron chi connectivity index (χ2n) is 7.20. The van der Waals surface area contributed by atoms with Crippen LogP contribution < -0.4 is 10.0 Å². The summed E-state index contributed by atoms with van der Waals surface area (Å²) in [4.78, 5) is 15.9. The van der Waals surface area contributed by atoms with E-state index >= 15 is 0 Å². The molecule has 0 radical (unpaired) electrons. The molecule has 31 heavy (non-hydrogen) atoms. The lowest BCUT2D eigenvalue weighted by Gasteiger charge is -2.16. The number of carbonyl (C=O) groups is 1. The van der Waals surface area contributed by atoms with Crippen LogP contribution in [-0.4, -0.2) is 19.3 Å². The van der Waals surface area contributed by atoms with E-state index in [2.05, 4.69) is 21.1 Å². The van der Waals surface area contributed by atoms with E-state index < -0.39 is 27.2 Å². The first-order valence-electron chi connectivity index (χ1n) is 9.13. The van der Waals surface area contributed by atoms with Crippen LogP contribution in [0.25, 0.3) is 0 Å². The van der Waals surface area contributed by atoms with Crippen molar-refractivity contribution in [2.24, 2.45) is 0 Å². The molecule has 0 saturated carbocycles. The largest absolute Gasteiger partial charge is 0.348 e. The number of nitrogens with zero attached hydrogens (tertiary/aromatic N) is 2. The zero-order valence-corrected chi connectivity index (χ0v) is 18.3. The summed E-state index contributed by atoms with van der Waals surface area (Å²) in [5, 5.41) is 13.6. The predicted octanol–water partition coefficient (Wildman–Crippen LogP) is 3.81. The minimum absolute atomic E-state index is 0.150.